The van der Waals surface area contributed by atoms with E-state index in [1.807, 2.05) is 0 Å². The first-order valence-corrected chi connectivity index (χ1v) is 5.19. The Balaban J connectivity index is 2.04. The number of rotatable bonds is 3. The van der Waals surface area contributed by atoms with Crippen LogP contribution in [0.5, 0.6) is 0 Å². The van der Waals surface area contributed by atoms with Gasteiger partial charge < -0.3 is 15.2 Å². The summed E-state index contributed by atoms with van der Waals surface area (Å²) in [5, 5.41) is 5.62. The van der Waals surface area contributed by atoms with Crippen molar-refractivity contribution in [2.24, 2.45) is 0 Å². The van der Waals surface area contributed by atoms with Gasteiger partial charge in [0.2, 0.25) is 0 Å². The van der Waals surface area contributed by atoms with E-state index in [1.54, 1.807) is 0 Å². The fourth-order valence-electron chi connectivity index (χ4n) is 1.60. The second-order valence-electron chi connectivity index (χ2n) is 3.97. The largest absolute Gasteiger partial charge is 0.406 e. The van der Waals surface area contributed by atoms with Crippen LogP contribution in [0.2, 0.25) is 0 Å². The summed E-state index contributed by atoms with van der Waals surface area (Å²) in [7, 11) is 0. The molecule has 1 aromatic rings. The molecule has 2 rings (SSSR count). The number of amides is 1. The van der Waals surface area contributed by atoms with Gasteiger partial charge in [-0.1, -0.05) is 0 Å². The fraction of sp³-hybridized carbons (Fsp3) is 0.500. The normalized spacial score (nSPS) is 16.6. The topological polar surface area (TPSA) is 46.1 Å². The van der Waals surface area contributed by atoms with E-state index in [1.165, 1.54) is 18.3 Å². The van der Waals surface area contributed by atoms with E-state index in [2.05, 4.69) is 10.6 Å². The Bertz CT molecular complexity index is 409. The number of hydrogen-bond acceptors (Lipinski definition) is 2. The summed E-state index contributed by atoms with van der Waals surface area (Å²) in [6, 6.07) is 2.82. The molecule has 1 saturated heterocycles. The van der Waals surface area contributed by atoms with Gasteiger partial charge in [0, 0.05) is 19.3 Å². The average Bonchev–Trinajstić information content (AvgIpc) is 2.56. The Morgan fingerprint density at radius 2 is 2.24 bits per heavy atom. The molecule has 1 aromatic heterocycles. The molecule has 4 nitrogen and oxygen atoms in total. The Kier molecular flexibility index (Phi) is 3.10. The van der Waals surface area contributed by atoms with Crippen LogP contribution >= 0.6 is 0 Å². The van der Waals surface area contributed by atoms with Crippen molar-refractivity contribution in [3.63, 3.8) is 0 Å². The lowest BCUT2D eigenvalue weighted by Crippen LogP contribution is -2.57. The summed E-state index contributed by atoms with van der Waals surface area (Å²) in [5.74, 6) is -0.467. The minimum atomic E-state index is -4.33. The zero-order valence-electron chi connectivity index (χ0n) is 8.92. The van der Waals surface area contributed by atoms with Crippen molar-refractivity contribution in [1.82, 2.24) is 15.2 Å². The highest BCUT2D eigenvalue weighted by atomic mass is 19.4. The van der Waals surface area contributed by atoms with Gasteiger partial charge in [-0.3, -0.25) is 4.79 Å². The first kappa shape index (κ1) is 12.0. The minimum Gasteiger partial charge on any atom is -0.345 e. The van der Waals surface area contributed by atoms with Gasteiger partial charge in [0.25, 0.3) is 5.91 Å². The lowest BCUT2D eigenvalue weighted by Gasteiger charge is -2.28. The molecule has 94 valence electrons. The quantitative estimate of drug-likeness (QED) is 0.828. The molecule has 0 spiro atoms. The van der Waals surface area contributed by atoms with Gasteiger partial charge in [0.05, 0.1) is 6.04 Å². The summed E-state index contributed by atoms with van der Waals surface area (Å²) >= 11 is 0. The molecule has 0 saturated carbocycles. The molecule has 1 amide bonds. The summed E-state index contributed by atoms with van der Waals surface area (Å²) in [5.41, 5.74) is 0.0363. The highest BCUT2D eigenvalue weighted by Gasteiger charge is 2.30. The smallest absolute Gasteiger partial charge is 0.345 e. The average molecular weight is 247 g/mol. The second kappa shape index (κ2) is 4.40. The van der Waals surface area contributed by atoms with Crippen LogP contribution in [0.1, 0.15) is 10.5 Å². The summed E-state index contributed by atoms with van der Waals surface area (Å²) in [6.45, 7) is 0.170. The lowest BCUT2D eigenvalue weighted by atomic mass is 10.2. The van der Waals surface area contributed by atoms with Crippen molar-refractivity contribution in [3.8, 4) is 0 Å². The van der Waals surface area contributed by atoms with Gasteiger partial charge >= 0.3 is 6.18 Å². The number of aromatic nitrogens is 1. The molecule has 0 radical (unpaired) electrons. The third-order valence-electron chi connectivity index (χ3n) is 2.53. The lowest BCUT2D eigenvalue weighted by molar-refractivity contribution is -0.140. The standard InChI is InChI=1S/C10H12F3N3O/c11-10(12,13)6-16-3-1-2-8(16)9(17)15-7-4-14-5-7/h1-3,7,14H,4-6H2,(H,15,17). The van der Waals surface area contributed by atoms with Crippen molar-refractivity contribution < 1.29 is 18.0 Å². The summed E-state index contributed by atoms with van der Waals surface area (Å²) in [6.07, 6.45) is -3.08. The van der Waals surface area contributed by atoms with Gasteiger partial charge in [-0.2, -0.15) is 13.2 Å². The number of alkyl halides is 3. The van der Waals surface area contributed by atoms with Crippen molar-refractivity contribution >= 4 is 5.91 Å². The van der Waals surface area contributed by atoms with Crippen molar-refractivity contribution in [2.45, 2.75) is 18.8 Å². The Morgan fingerprint density at radius 3 is 2.76 bits per heavy atom. The molecule has 7 heteroatoms. The fourth-order valence-corrected chi connectivity index (χ4v) is 1.60. The predicted octanol–water partition coefficient (Wildman–Crippen LogP) is 0.752. The highest BCUT2D eigenvalue weighted by molar-refractivity contribution is 5.93. The molecule has 2 N–H and O–H groups in total. The van der Waals surface area contributed by atoms with Crippen LogP contribution in [0, 0.1) is 0 Å². The van der Waals surface area contributed by atoms with E-state index in [0.29, 0.717) is 13.1 Å². The zero-order valence-corrected chi connectivity index (χ0v) is 8.92. The molecule has 1 fully saturated rings. The molecule has 0 unspecified atom stereocenters. The van der Waals surface area contributed by atoms with Crippen molar-refractivity contribution in [1.29, 1.82) is 0 Å². The Morgan fingerprint density at radius 1 is 1.53 bits per heavy atom. The molecular weight excluding hydrogens is 235 g/mol. The molecule has 0 aliphatic carbocycles. The number of halogens is 3. The first-order valence-electron chi connectivity index (χ1n) is 5.19. The molecule has 1 aliphatic heterocycles. The maximum absolute atomic E-state index is 12.2. The van der Waals surface area contributed by atoms with E-state index >= 15 is 0 Å². The molecule has 1 aliphatic rings. The number of hydrogen-bond donors (Lipinski definition) is 2. The van der Waals surface area contributed by atoms with E-state index in [9.17, 15) is 18.0 Å². The number of nitrogens with zero attached hydrogens (tertiary/aromatic N) is 1. The van der Waals surface area contributed by atoms with Gasteiger partial charge in [-0.25, -0.2) is 0 Å². The summed E-state index contributed by atoms with van der Waals surface area (Å²) in [4.78, 5) is 11.7. The van der Waals surface area contributed by atoms with Gasteiger partial charge in [0.15, 0.2) is 0 Å². The van der Waals surface area contributed by atoms with Crippen LogP contribution in [-0.4, -0.2) is 35.8 Å². The summed E-state index contributed by atoms with van der Waals surface area (Å²) < 4.78 is 37.6. The Labute approximate surface area is 95.8 Å². The second-order valence-corrected chi connectivity index (χ2v) is 3.97. The highest BCUT2D eigenvalue weighted by Crippen LogP contribution is 2.19. The van der Waals surface area contributed by atoms with Gasteiger partial charge in [0.1, 0.15) is 12.2 Å². The van der Waals surface area contributed by atoms with Crippen molar-refractivity contribution in [3.05, 3.63) is 24.0 Å². The van der Waals surface area contributed by atoms with E-state index in [0.717, 1.165) is 4.57 Å². The number of carbonyl (C=O) groups is 1. The van der Waals surface area contributed by atoms with Crippen LogP contribution in [-0.2, 0) is 6.54 Å². The minimum absolute atomic E-state index is 0.0109. The van der Waals surface area contributed by atoms with Crippen LogP contribution in [0.25, 0.3) is 0 Å². The third kappa shape index (κ3) is 3.00. The van der Waals surface area contributed by atoms with Crippen LogP contribution < -0.4 is 10.6 Å². The maximum atomic E-state index is 12.2. The Hall–Kier alpha value is -1.50. The molecule has 0 bridgehead atoms. The number of carbonyl (C=O) groups excluding carboxylic acids is 1. The molecule has 0 atom stereocenters. The van der Waals surface area contributed by atoms with Crippen LogP contribution in [0.4, 0.5) is 13.2 Å². The van der Waals surface area contributed by atoms with Crippen LogP contribution in [0.3, 0.4) is 0 Å². The van der Waals surface area contributed by atoms with E-state index < -0.39 is 18.6 Å². The molecule has 2 heterocycles. The SMILES string of the molecule is O=C(NC1CNC1)c1cccn1CC(F)(F)F. The monoisotopic (exact) mass is 247 g/mol. The molecule has 17 heavy (non-hydrogen) atoms. The zero-order chi connectivity index (χ0) is 12.5. The van der Waals surface area contributed by atoms with E-state index in [4.69, 9.17) is 0 Å². The molecular formula is C10H12F3N3O. The van der Waals surface area contributed by atoms with Crippen LogP contribution in [0.15, 0.2) is 18.3 Å². The van der Waals surface area contributed by atoms with Crippen molar-refractivity contribution in [2.75, 3.05) is 13.1 Å². The third-order valence-corrected chi connectivity index (χ3v) is 2.53. The number of nitrogens with one attached hydrogen (secondary N) is 2. The first-order chi connectivity index (χ1) is 7.96. The van der Waals surface area contributed by atoms with Gasteiger partial charge in [-0.05, 0) is 12.1 Å². The van der Waals surface area contributed by atoms with Gasteiger partial charge in [-0.15, -0.1) is 0 Å². The van der Waals surface area contributed by atoms with E-state index in [-0.39, 0.29) is 11.7 Å². The maximum Gasteiger partial charge on any atom is 0.406 e. The molecule has 0 aromatic carbocycles. The predicted molar refractivity (Wildman–Crippen MR) is 54.6 cm³/mol.